The molecular weight excluding hydrogens is 168 g/mol. The third kappa shape index (κ3) is 1.33. The van der Waals surface area contributed by atoms with Gasteiger partial charge in [-0.05, 0) is 34.5 Å². The molecule has 0 bridgehead atoms. The first-order chi connectivity index (χ1) is 6.04. The Morgan fingerprint density at radius 1 is 1.00 bits per heavy atom. The van der Waals surface area contributed by atoms with Gasteiger partial charge in [-0.1, -0.05) is 55.4 Å². The van der Waals surface area contributed by atoms with Crippen LogP contribution in [-0.2, 0) is 0 Å². The molecule has 0 spiro atoms. The van der Waals surface area contributed by atoms with E-state index < -0.39 is 0 Å². The summed E-state index contributed by atoms with van der Waals surface area (Å²) in [5.74, 6) is 1.71. The molecule has 0 radical (unpaired) electrons. The normalized spacial score (nSPS) is 42.9. The zero-order chi connectivity index (χ0) is 11.4. The molecule has 0 aromatic heterocycles. The summed E-state index contributed by atoms with van der Waals surface area (Å²) >= 11 is 0. The van der Waals surface area contributed by atoms with Gasteiger partial charge in [0.25, 0.3) is 0 Å². The lowest BCUT2D eigenvalue weighted by molar-refractivity contribution is -0.0135. The van der Waals surface area contributed by atoms with E-state index in [1.165, 1.54) is 6.42 Å². The molecule has 0 nitrogen and oxygen atoms in total. The van der Waals surface area contributed by atoms with Crippen LogP contribution in [0, 0.1) is 28.1 Å². The monoisotopic (exact) mass is 196 g/mol. The van der Waals surface area contributed by atoms with Crippen LogP contribution in [0.3, 0.4) is 0 Å². The van der Waals surface area contributed by atoms with E-state index in [-0.39, 0.29) is 0 Å². The predicted molar refractivity (Wildman–Crippen MR) is 64.3 cm³/mol. The molecule has 84 valence electrons. The molecule has 3 unspecified atom stereocenters. The van der Waals surface area contributed by atoms with Gasteiger partial charge in [0.15, 0.2) is 0 Å². The van der Waals surface area contributed by atoms with Crippen molar-refractivity contribution in [3.63, 3.8) is 0 Å². The van der Waals surface area contributed by atoms with Gasteiger partial charge in [0, 0.05) is 0 Å². The average Bonchev–Trinajstić information content (AvgIpc) is 2.12. The fraction of sp³-hybridized carbons (Fsp3) is 1.00. The van der Waals surface area contributed by atoms with Gasteiger partial charge in [-0.3, -0.25) is 0 Å². The molecule has 1 fully saturated rings. The zero-order valence-corrected chi connectivity index (χ0v) is 11.4. The van der Waals surface area contributed by atoms with E-state index in [4.69, 9.17) is 0 Å². The Kier molecular flexibility index (Phi) is 2.58. The summed E-state index contributed by atoms with van der Waals surface area (Å²) in [4.78, 5) is 0. The predicted octanol–water partition coefficient (Wildman–Crippen LogP) is 4.74. The van der Waals surface area contributed by atoms with Crippen molar-refractivity contribution in [1.82, 2.24) is 0 Å². The standard InChI is InChI=1S/C14H28/c1-10-9-14(8,12(3,4)5)13(6,7)11(10)2/h10-11H,9H2,1-8H3. The van der Waals surface area contributed by atoms with Crippen LogP contribution < -0.4 is 0 Å². The Morgan fingerprint density at radius 3 is 1.57 bits per heavy atom. The average molecular weight is 196 g/mol. The molecule has 1 aliphatic rings. The van der Waals surface area contributed by atoms with Crippen LogP contribution in [-0.4, -0.2) is 0 Å². The van der Waals surface area contributed by atoms with Gasteiger partial charge in [0.2, 0.25) is 0 Å². The maximum absolute atomic E-state index is 2.49. The summed E-state index contributed by atoms with van der Waals surface area (Å²) in [6.45, 7) is 19.5. The zero-order valence-electron chi connectivity index (χ0n) is 11.4. The molecule has 0 N–H and O–H groups in total. The third-order valence-corrected chi connectivity index (χ3v) is 5.80. The van der Waals surface area contributed by atoms with E-state index in [9.17, 15) is 0 Å². The molecule has 0 heterocycles. The molecule has 0 heteroatoms. The topological polar surface area (TPSA) is 0 Å². The first-order valence-electron chi connectivity index (χ1n) is 6.04. The van der Waals surface area contributed by atoms with Crippen molar-refractivity contribution >= 4 is 0 Å². The Morgan fingerprint density at radius 2 is 1.43 bits per heavy atom. The minimum atomic E-state index is 0.412. The van der Waals surface area contributed by atoms with Crippen LogP contribution in [0.15, 0.2) is 0 Å². The molecule has 0 aromatic carbocycles. The minimum Gasteiger partial charge on any atom is -0.0622 e. The molecule has 0 aliphatic heterocycles. The van der Waals surface area contributed by atoms with Gasteiger partial charge in [0.05, 0.1) is 0 Å². The maximum Gasteiger partial charge on any atom is -0.0221 e. The summed E-state index contributed by atoms with van der Waals surface area (Å²) in [6, 6.07) is 0. The molecule has 0 aromatic rings. The largest absolute Gasteiger partial charge is 0.0622 e. The van der Waals surface area contributed by atoms with Crippen LogP contribution >= 0.6 is 0 Å². The summed E-state index contributed by atoms with van der Waals surface area (Å²) < 4.78 is 0. The van der Waals surface area contributed by atoms with Crippen LogP contribution in [0.2, 0.25) is 0 Å². The molecule has 0 amide bonds. The third-order valence-electron chi connectivity index (χ3n) is 5.80. The molecule has 3 atom stereocenters. The van der Waals surface area contributed by atoms with E-state index in [2.05, 4.69) is 55.4 Å². The molecule has 1 aliphatic carbocycles. The van der Waals surface area contributed by atoms with Gasteiger partial charge in [-0.15, -0.1) is 0 Å². The van der Waals surface area contributed by atoms with Crippen molar-refractivity contribution in [1.29, 1.82) is 0 Å². The van der Waals surface area contributed by atoms with E-state index >= 15 is 0 Å². The highest BCUT2D eigenvalue weighted by Gasteiger charge is 2.57. The summed E-state index contributed by atoms with van der Waals surface area (Å²) in [7, 11) is 0. The van der Waals surface area contributed by atoms with Crippen molar-refractivity contribution in [3.8, 4) is 0 Å². The molecule has 1 saturated carbocycles. The summed E-state index contributed by atoms with van der Waals surface area (Å²) in [6.07, 6.45) is 1.38. The second-order valence-corrected chi connectivity index (χ2v) is 7.27. The highest BCUT2D eigenvalue weighted by atomic mass is 14.6. The van der Waals surface area contributed by atoms with Gasteiger partial charge in [-0.25, -0.2) is 0 Å². The van der Waals surface area contributed by atoms with Crippen molar-refractivity contribution in [2.45, 2.75) is 61.8 Å². The van der Waals surface area contributed by atoms with E-state index in [0.29, 0.717) is 16.2 Å². The Labute approximate surface area is 90.5 Å². The van der Waals surface area contributed by atoms with Crippen LogP contribution in [0.25, 0.3) is 0 Å². The Hall–Kier alpha value is 0. The van der Waals surface area contributed by atoms with E-state index in [1.54, 1.807) is 0 Å². The summed E-state index contributed by atoms with van der Waals surface area (Å²) in [5.41, 5.74) is 1.35. The number of hydrogen-bond acceptors (Lipinski definition) is 0. The van der Waals surface area contributed by atoms with Crippen molar-refractivity contribution in [2.24, 2.45) is 28.1 Å². The first-order valence-corrected chi connectivity index (χ1v) is 6.04. The Bertz CT molecular complexity index is 219. The highest BCUT2D eigenvalue weighted by molar-refractivity contribution is 5.06. The second-order valence-electron chi connectivity index (χ2n) is 7.27. The van der Waals surface area contributed by atoms with Crippen molar-refractivity contribution in [3.05, 3.63) is 0 Å². The molecular formula is C14H28. The van der Waals surface area contributed by atoms with Gasteiger partial charge < -0.3 is 0 Å². The smallest absolute Gasteiger partial charge is 0.0221 e. The lowest BCUT2D eigenvalue weighted by Gasteiger charge is -2.50. The molecule has 0 saturated heterocycles. The van der Waals surface area contributed by atoms with Gasteiger partial charge in [0.1, 0.15) is 0 Å². The molecule has 14 heavy (non-hydrogen) atoms. The quantitative estimate of drug-likeness (QED) is 0.525. The fourth-order valence-electron chi connectivity index (χ4n) is 3.57. The first kappa shape index (κ1) is 12.1. The summed E-state index contributed by atoms with van der Waals surface area (Å²) in [5, 5.41) is 0. The van der Waals surface area contributed by atoms with Crippen molar-refractivity contribution in [2.75, 3.05) is 0 Å². The Balaban J connectivity index is 3.14. The number of hydrogen-bond donors (Lipinski definition) is 0. The second kappa shape index (κ2) is 3.00. The lowest BCUT2D eigenvalue weighted by Crippen LogP contribution is -2.43. The maximum atomic E-state index is 2.49. The molecule has 1 rings (SSSR count). The van der Waals surface area contributed by atoms with Crippen LogP contribution in [0.5, 0.6) is 0 Å². The van der Waals surface area contributed by atoms with Gasteiger partial charge >= 0.3 is 0 Å². The van der Waals surface area contributed by atoms with Crippen LogP contribution in [0.1, 0.15) is 61.8 Å². The van der Waals surface area contributed by atoms with E-state index in [0.717, 1.165) is 11.8 Å². The van der Waals surface area contributed by atoms with Crippen LogP contribution in [0.4, 0.5) is 0 Å². The van der Waals surface area contributed by atoms with Crippen molar-refractivity contribution < 1.29 is 0 Å². The van der Waals surface area contributed by atoms with Gasteiger partial charge in [-0.2, -0.15) is 0 Å². The minimum absolute atomic E-state index is 0.412. The number of rotatable bonds is 0. The fourth-order valence-corrected chi connectivity index (χ4v) is 3.57. The highest BCUT2D eigenvalue weighted by Crippen LogP contribution is 2.65. The van der Waals surface area contributed by atoms with E-state index in [1.807, 2.05) is 0 Å². The lowest BCUT2D eigenvalue weighted by atomic mass is 9.55. The SMILES string of the molecule is CC1CC(C)(C(C)(C)C)C(C)(C)C1C.